The molecule has 0 saturated heterocycles. The monoisotopic (exact) mass is 458 g/mol. The van der Waals surface area contributed by atoms with E-state index in [0.29, 0.717) is 6.42 Å². The van der Waals surface area contributed by atoms with Gasteiger partial charge in [0.2, 0.25) is 7.37 Å². The lowest BCUT2D eigenvalue weighted by Crippen LogP contribution is -1.98. The van der Waals surface area contributed by atoms with Crippen molar-refractivity contribution >= 4 is 22.6 Å². The second-order valence-corrected chi connectivity index (χ2v) is 13.7. The molecule has 0 heterocycles. The van der Waals surface area contributed by atoms with Crippen LogP contribution in [-0.2, 0) is 13.7 Å². The molecule has 0 radical (unpaired) electrons. The number of rotatable bonds is 12. The molecule has 0 spiro atoms. The number of hydrogen-bond acceptors (Lipinski definition) is 3. The first-order chi connectivity index (χ1) is 12.5. The summed E-state index contributed by atoms with van der Waals surface area (Å²) in [6.07, 6.45) is 8.76. The maximum Gasteiger partial charge on any atom is 0.361 e. The van der Waals surface area contributed by atoms with Gasteiger partial charge in [-0.1, -0.05) is 36.3 Å². The second-order valence-electron chi connectivity index (χ2n) is 7.40. The van der Waals surface area contributed by atoms with Crippen LogP contribution in [0.15, 0.2) is 34.4 Å². The van der Waals surface area contributed by atoms with Crippen molar-refractivity contribution in [1.82, 2.24) is 0 Å². The standard InChI is InChI=1S/C17H33O8P3/c1-14(2)7-5-8-15(3)9-6-10-16(4)11-12-17(28(23,24)25)26(18,19)13-27(20,21)22/h7,9,12,16H,5-6,8,10-11,13H2,1-4H3,(H,18,19)(H2,20,21,22)(H2,23,24,25)/b15-9+,17-12-. The molecule has 0 aromatic heterocycles. The Bertz CT molecular complexity index is 738. The third-order valence-corrected chi connectivity index (χ3v) is 10.4. The van der Waals surface area contributed by atoms with Gasteiger partial charge in [0.25, 0.3) is 0 Å². The molecule has 164 valence electrons. The van der Waals surface area contributed by atoms with Crippen LogP contribution in [0.3, 0.4) is 0 Å². The van der Waals surface area contributed by atoms with E-state index in [1.165, 1.54) is 11.1 Å². The van der Waals surface area contributed by atoms with Crippen LogP contribution in [0.2, 0.25) is 0 Å². The molecule has 8 nitrogen and oxygen atoms in total. The number of hydrogen-bond donors (Lipinski definition) is 5. The molecule has 0 aliphatic rings. The third kappa shape index (κ3) is 13.0. The van der Waals surface area contributed by atoms with Crippen molar-refractivity contribution in [2.75, 3.05) is 5.90 Å². The molecule has 28 heavy (non-hydrogen) atoms. The first-order valence-electron chi connectivity index (χ1n) is 8.97. The Morgan fingerprint density at radius 3 is 1.93 bits per heavy atom. The second kappa shape index (κ2) is 11.8. The van der Waals surface area contributed by atoms with E-state index in [0.717, 1.165) is 25.3 Å². The molecule has 0 aromatic carbocycles. The zero-order chi connectivity index (χ0) is 22.2. The molecule has 0 rings (SSSR count). The minimum absolute atomic E-state index is 0.0292. The summed E-state index contributed by atoms with van der Waals surface area (Å²) in [5.74, 6) is -1.52. The third-order valence-electron chi connectivity index (χ3n) is 3.98. The summed E-state index contributed by atoms with van der Waals surface area (Å²) < 4.78 is 34.7. The fourth-order valence-corrected chi connectivity index (χ4v) is 8.03. The van der Waals surface area contributed by atoms with Gasteiger partial charge in [-0.05, 0) is 58.8 Å². The molecule has 0 fully saturated rings. The van der Waals surface area contributed by atoms with Crippen LogP contribution in [0.5, 0.6) is 0 Å². The summed E-state index contributed by atoms with van der Waals surface area (Å²) in [6, 6.07) is 0. The van der Waals surface area contributed by atoms with E-state index in [4.69, 9.17) is 9.79 Å². The van der Waals surface area contributed by atoms with Crippen molar-refractivity contribution in [3.05, 3.63) is 34.4 Å². The maximum absolute atomic E-state index is 12.1. The fraction of sp³-hybridized carbons (Fsp3) is 0.647. The van der Waals surface area contributed by atoms with Gasteiger partial charge in [-0.2, -0.15) is 0 Å². The lowest BCUT2D eigenvalue weighted by Gasteiger charge is -2.18. The normalized spacial score (nSPS) is 17.2. The quantitative estimate of drug-likeness (QED) is 0.204. The topological polar surface area (TPSA) is 152 Å². The van der Waals surface area contributed by atoms with Gasteiger partial charge in [-0.15, -0.1) is 0 Å². The SMILES string of the molecule is CC(C)=CCC/C(C)=C/CCC(C)C/C=C(\P(=O)(O)O)P(=O)(O)CP(=O)(O)O. The molecule has 0 aromatic rings. The Balaban J connectivity index is 4.94. The lowest BCUT2D eigenvalue weighted by molar-refractivity contribution is 0.376. The molecule has 11 heteroatoms. The molecule has 0 aliphatic carbocycles. The molecule has 2 atom stereocenters. The van der Waals surface area contributed by atoms with Crippen molar-refractivity contribution in [3.63, 3.8) is 0 Å². The molecule has 5 N–H and O–H groups in total. The summed E-state index contributed by atoms with van der Waals surface area (Å²) in [5, 5.41) is -1.08. The van der Waals surface area contributed by atoms with Gasteiger partial charge in [0.1, 0.15) is 11.0 Å². The van der Waals surface area contributed by atoms with E-state index >= 15 is 0 Å². The van der Waals surface area contributed by atoms with Gasteiger partial charge in [-0.25, -0.2) is 0 Å². The van der Waals surface area contributed by atoms with Gasteiger partial charge in [0.15, 0.2) is 0 Å². The molecule has 0 saturated carbocycles. The number of allylic oxidation sites excluding steroid dienone is 5. The molecule has 2 unspecified atom stereocenters. The van der Waals surface area contributed by atoms with Crippen molar-refractivity contribution < 1.29 is 38.2 Å². The minimum atomic E-state index is -5.11. The highest BCUT2D eigenvalue weighted by atomic mass is 31.3. The average Bonchev–Trinajstić information content (AvgIpc) is 2.42. The summed E-state index contributed by atoms with van der Waals surface area (Å²) in [6.45, 7) is 7.97. The van der Waals surface area contributed by atoms with Crippen LogP contribution < -0.4 is 0 Å². The summed E-state index contributed by atoms with van der Waals surface area (Å²) in [5.41, 5.74) is 2.52. The Kier molecular flexibility index (Phi) is 11.7. The van der Waals surface area contributed by atoms with Crippen LogP contribution in [-0.4, -0.2) is 30.4 Å². The Morgan fingerprint density at radius 1 is 0.893 bits per heavy atom. The van der Waals surface area contributed by atoms with Crippen LogP contribution in [0.25, 0.3) is 0 Å². The largest absolute Gasteiger partial charge is 0.361 e. The highest BCUT2D eigenvalue weighted by Gasteiger charge is 2.41. The predicted molar refractivity (Wildman–Crippen MR) is 112 cm³/mol. The highest BCUT2D eigenvalue weighted by Crippen LogP contribution is 2.70. The maximum atomic E-state index is 12.1. The van der Waals surface area contributed by atoms with E-state index < -0.39 is 33.5 Å². The Hall–Kier alpha value is -0.290. The molecule has 0 bridgehead atoms. The van der Waals surface area contributed by atoms with Gasteiger partial charge in [0.05, 0.1) is 0 Å². The van der Waals surface area contributed by atoms with Gasteiger partial charge >= 0.3 is 15.2 Å². The summed E-state index contributed by atoms with van der Waals surface area (Å²) >= 11 is 0. The Labute approximate surface area is 167 Å². The summed E-state index contributed by atoms with van der Waals surface area (Å²) in [7, 11) is -14.9. The molecular formula is C17H33O8P3. The predicted octanol–water partition coefficient (Wildman–Crippen LogP) is 4.91. The zero-order valence-electron chi connectivity index (χ0n) is 16.9. The summed E-state index contributed by atoms with van der Waals surface area (Å²) in [4.78, 5) is 46.3. The van der Waals surface area contributed by atoms with Crippen molar-refractivity contribution in [2.24, 2.45) is 5.92 Å². The minimum Gasteiger partial charge on any atom is -0.340 e. The first kappa shape index (κ1) is 27.7. The highest BCUT2D eigenvalue weighted by molar-refractivity contribution is 7.85. The molecule has 0 aliphatic heterocycles. The van der Waals surface area contributed by atoms with Crippen LogP contribution in [0.1, 0.15) is 59.8 Å². The average molecular weight is 458 g/mol. The molecular weight excluding hydrogens is 425 g/mol. The van der Waals surface area contributed by atoms with Crippen LogP contribution >= 0.6 is 22.6 Å². The van der Waals surface area contributed by atoms with E-state index in [1.807, 2.05) is 27.7 Å². The van der Waals surface area contributed by atoms with E-state index in [-0.39, 0.29) is 12.3 Å². The van der Waals surface area contributed by atoms with E-state index in [1.54, 1.807) is 0 Å². The van der Waals surface area contributed by atoms with Crippen molar-refractivity contribution in [1.29, 1.82) is 0 Å². The van der Waals surface area contributed by atoms with Crippen LogP contribution in [0.4, 0.5) is 0 Å². The molecule has 0 amide bonds. The van der Waals surface area contributed by atoms with E-state index in [2.05, 4.69) is 12.2 Å². The lowest BCUT2D eigenvalue weighted by atomic mass is 10.0. The Morgan fingerprint density at radius 2 is 1.46 bits per heavy atom. The van der Waals surface area contributed by atoms with E-state index in [9.17, 15) is 28.4 Å². The smallest absolute Gasteiger partial charge is 0.340 e. The van der Waals surface area contributed by atoms with Gasteiger partial charge in [-0.3, -0.25) is 13.7 Å². The van der Waals surface area contributed by atoms with Crippen molar-refractivity contribution in [2.45, 2.75) is 59.8 Å². The van der Waals surface area contributed by atoms with Crippen LogP contribution in [0, 0.1) is 5.92 Å². The van der Waals surface area contributed by atoms with Gasteiger partial charge in [0, 0.05) is 0 Å². The van der Waals surface area contributed by atoms with Gasteiger partial charge < -0.3 is 24.5 Å². The first-order valence-corrected chi connectivity index (χ1v) is 14.2. The zero-order valence-corrected chi connectivity index (χ0v) is 19.5. The fourth-order valence-electron chi connectivity index (χ4n) is 2.52. The van der Waals surface area contributed by atoms with Crippen molar-refractivity contribution in [3.8, 4) is 0 Å².